The van der Waals surface area contributed by atoms with Crippen LogP contribution in [0.2, 0.25) is 0 Å². The minimum absolute atomic E-state index is 0.0934. The number of carbonyl (C=O) groups excluding carboxylic acids is 1. The van der Waals surface area contributed by atoms with E-state index in [4.69, 9.17) is 9.47 Å². The van der Waals surface area contributed by atoms with Crippen LogP contribution in [0.1, 0.15) is 25.3 Å². The molecule has 2 aromatic carbocycles. The second kappa shape index (κ2) is 8.17. The Labute approximate surface area is 151 Å². The molecule has 0 aliphatic heterocycles. The molecule has 0 heterocycles. The molecule has 138 valence electrons. The van der Waals surface area contributed by atoms with Gasteiger partial charge < -0.3 is 14.4 Å². The summed E-state index contributed by atoms with van der Waals surface area (Å²) in [6.45, 7) is 2.46. The highest BCUT2D eigenvalue weighted by Crippen LogP contribution is 2.29. The van der Waals surface area contributed by atoms with Crippen LogP contribution in [0.4, 0.5) is 8.78 Å². The zero-order chi connectivity index (χ0) is 18.5. The normalized spacial score (nSPS) is 13.3. The molecule has 0 unspecified atom stereocenters. The molecule has 6 heteroatoms. The van der Waals surface area contributed by atoms with Gasteiger partial charge in [-0.15, -0.1) is 0 Å². The van der Waals surface area contributed by atoms with Gasteiger partial charge in [0.15, 0.2) is 6.61 Å². The first kappa shape index (κ1) is 18.2. The van der Waals surface area contributed by atoms with Gasteiger partial charge in [0, 0.05) is 24.2 Å². The average Bonchev–Trinajstić information content (AvgIpc) is 3.45. The van der Waals surface area contributed by atoms with Crippen LogP contribution < -0.4 is 9.47 Å². The van der Waals surface area contributed by atoms with Gasteiger partial charge in [0.25, 0.3) is 5.91 Å². The Morgan fingerprint density at radius 2 is 1.73 bits per heavy atom. The lowest BCUT2D eigenvalue weighted by molar-refractivity contribution is -0.134. The van der Waals surface area contributed by atoms with E-state index in [1.807, 2.05) is 6.92 Å². The first-order valence-corrected chi connectivity index (χ1v) is 8.66. The van der Waals surface area contributed by atoms with Crippen molar-refractivity contribution in [3.8, 4) is 11.5 Å². The van der Waals surface area contributed by atoms with Crippen LogP contribution in [-0.2, 0) is 11.3 Å². The van der Waals surface area contributed by atoms with Crippen molar-refractivity contribution in [1.82, 2.24) is 4.90 Å². The van der Waals surface area contributed by atoms with Gasteiger partial charge in [0.2, 0.25) is 0 Å². The fourth-order valence-corrected chi connectivity index (χ4v) is 2.67. The van der Waals surface area contributed by atoms with E-state index in [2.05, 4.69) is 0 Å². The Morgan fingerprint density at radius 3 is 2.31 bits per heavy atom. The van der Waals surface area contributed by atoms with Crippen molar-refractivity contribution in [1.29, 1.82) is 0 Å². The molecule has 0 bridgehead atoms. The van der Waals surface area contributed by atoms with Crippen molar-refractivity contribution in [2.24, 2.45) is 0 Å². The smallest absolute Gasteiger partial charge is 0.261 e. The molecule has 0 N–H and O–H groups in total. The van der Waals surface area contributed by atoms with Crippen LogP contribution >= 0.6 is 0 Å². The minimum atomic E-state index is -0.643. The van der Waals surface area contributed by atoms with E-state index in [1.54, 1.807) is 29.2 Å². The van der Waals surface area contributed by atoms with Gasteiger partial charge in [-0.25, -0.2) is 8.78 Å². The number of halogens is 2. The van der Waals surface area contributed by atoms with E-state index >= 15 is 0 Å². The number of nitrogens with zero attached hydrogens (tertiary/aromatic N) is 1. The average molecular weight is 361 g/mol. The Morgan fingerprint density at radius 1 is 1.08 bits per heavy atom. The number of benzene rings is 2. The van der Waals surface area contributed by atoms with Crippen LogP contribution in [0, 0.1) is 11.6 Å². The first-order chi connectivity index (χ1) is 12.6. The maximum absolute atomic E-state index is 13.9. The van der Waals surface area contributed by atoms with Crippen LogP contribution in [0.5, 0.6) is 11.5 Å². The minimum Gasteiger partial charge on any atom is -0.494 e. The van der Waals surface area contributed by atoms with E-state index in [0.29, 0.717) is 17.9 Å². The molecule has 0 atom stereocenters. The third-order valence-electron chi connectivity index (χ3n) is 4.16. The maximum Gasteiger partial charge on any atom is 0.261 e. The van der Waals surface area contributed by atoms with Crippen molar-refractivity contribution in [2.75, 3.05) is 13.2 Å². The molecule has 1 aliphatic rings. The Hall–Kier alpha value is -2.63. The lowest BCUT2D eigenvalue weighted by Gasteiger charge is -2.23. The van der Waals surface area contributed by atoms with Gasteiger partial charge >= 0.3 is 0 Å². The van der Waals surface area contributed by atoms with E-state index in [-0.39, 0.29) is 25.1 Å². The molecule has 1 fully saturated rings. The molecule has 0 radical (unpaired) electrons. The van der Waals surface area contributed by atoms with Gasteiger partial charge in [-0.05, 0) is 50.1 Å². The lowest BCUT2D eigenvalue weighted by Crippen LogP contribution is -2.36. The van der Waals surface area contributed by atoms with Gasteiger partial charge in [-0.2, -0.15) is 0 Å². The highest BCUT2D eigenvalue weighted by Gasteiger charge is 2.33. The molecule has 0 saturated heterocycles. The third-order valence-corrected chi connectivity index (χ3v) is 4.16. The summed E-state index contributed by atoms with van der Waals surface area (Å²) in [6, 6.07) is 10.5. The molecular weight excluding hydrogens is 340 g/mol. The fraction of sp³-hybridized carbons (Fsp3) is 0.350. The number of ether oxygens (including phenoxy) is 2. The highest BCUT2D eigenvalue weighted by atomic mass is 19.1. The Balaban J connectivity index is 1.60. The van der Waals surface area contributed by atoms with Crippen LogP contribution in [0.25, 0.3) is 0 Å². The molecular formula is C20H21F2NO3. The zero-order valence-corrected chi connectivity index (χ0v) is 14.6. The molecule has 1 saturated carbocycles. The van der Waals surface area contributed by atoms with Gasteiger partial charge in [-0.1, -0.05) is 6.07 Å². The zero-order valence-electron chi connectivity index (χ0n) is 14.6. The van der Waals surface area contributed by atoms with Gasteiger partial charge in [0.05, 0.1) is 6.61 Å². The van der Waals surface area contributed by atoms with Gasteiger partial charge in [-0.3, -0.25) is 4.79 Å². The van der Waals surface area contributed by atoms with Gasteiger partial charge in [0.1, 0.15) is 23.1 Å². The predicted octanol–water partition coefficient (Wildman–Crippen LogP) is 3.93. The van der Waals surface area contributed by atoms with E-state index in [0.717, 1.165) is 24.7 Å². The largest absolute Gasteiger partial charge is 0.494 e. The van der Waals surface area contributed by atoms with Crippen LogP contribution in [0.15, 0.2) is 42.5 Å². The van der Waals surface area contributed by atoms with E-state index < -0.39 is 11.6 Å². The SMILES string of the molecule is CCOc1ccc(OCC(=O)N(Cc2ccc(F)cc2F)C2CC2)cc1. The number of hydrogen-bond donors (Lipinski definition) is 0. The van der Waals surface area contributed by atoms with E-state index in [1.165, 1.54) is 12.1 Å². The quantitative estimate of drug-likeness (QED) is 0.715. The standard InChI is InChI=1S/C20H21F2NO3/c1-2-25-17-7-9-18(10-8-17)26-13-20(24)23(16-5-6-16)12-14-3-4-15(21)11-19(14)22/h3-4,7-11,16H,2,5-6,12-13H2,1H3. The predicted molar refractivity (Wildman–Crippen MR) is 93.0 cm³/mol. The first-order valence-electron chi connectivity index (χ1n) is 8.66. The molecule has 1 amide bonds. The summed E-state index contributed by atoms with van der Waals surface area (Å²) >= 11 is 0. The van der Waals surface area contributed by atoms with Crippen LogP contribution in [0.3, 0.4) is 0 Å². The highest BCUT2D eigenvalue weighted by molar-refractivity contribution is 5.78. The van der Waals surface area contributed by atoms with E-state index in [9.17, 15) is 13.6 Å². The lowest BCUT2D eigenvalue weighted by atomic mass is 10.2. The number of rotatable bonds is 8. The molecule has 0 aromatic heterocycles. The van der Waals surface area contributed by atoms with Crippen molar-refractivity contribution >= 4 is 5.91 Å². The Bertz CT molecular complexity index is 760. The summed E-state index contributed by atoms with van der Waals surface area (Å²) in [5, 5.41) is 0. The summed E-state index contributed by atoms with van der Waals surface area (Å²) in [7, 11) is 0. The number of hydrogen-bond acceptors (Lipinski definition) is 3. The second-order valence-corrected chi connectivity index (χ2v) is 6.18. The summed E-state index contributed by atoms with van der Waals surface area (Å²) in [6.07, 6.45) is 1.77. The molecule has 0 spiro atoms. The third kappa shape index (κ3) is 4.71. The maximum atomic E-state index is 13.9. The topological polar surface area (TPSA) is 38.8 Å². The fourth-order valence-electron chi connectivity index (χ4n) is 2.67. The number of carbonyl (C=O) groups is 1. The molecule has 2 aromatic rings. The van der Waals surface area contributed by atoms with Crippen molar-refractivity contribution < 1.29 is 23.0 Å². The molecule has 4 nitrogen and oxygen atoms in total. The summed E-state index contributed by atoms with van der Waals surface area (Å²) in [5.74, 6) is -0.196. The molecule has 1 aliphatic carbocycles. The summed E-state index contributed by atoms with van der Waals surface area (Å²) in [4.78, 5) is 14.1. The van der Waals surface area contributed by atoms with Crippen molar-refractivity contribution in [3.63, 3.8) is 0 Å². The van der Waals surface area contributed by atoms with Crippen molar-refractivity contribution in [3.05, 3.63) is 59.7 Å². The summed E-state index contributed by atoms with van der Waals surface area (Å²) < 4.78 is 37.8. The van der Waals surface area contributed by atoms with Crippen LogP contribution in [-0.4, -0.2) is 30.1 Å². The Kier molecular flexibility index (Phi) is 5.71. The monoisotopic (exact) mass is 361 g/mol. The molecule has 26 heavy (non-hydrogen) atoms. The second-order valence-electron chi connectivity index (χ2n) is 6.18. The van der Waals surface area contributed by atoms with Crippen molar-refractivity contribution in [2.45, 2.75) is 32.4 Å². The number of amides is 1. The molecule has 3 rings (SSSR count). The summed E-state index contributed by atoms with van der Waals surface area (Å²) in [5.41, 5.74) is 0.299.